The van der Waals surface area contributed by atoms with Crippen LogP contribution in [-0.2, 0) is 11.3 Å². The Labute approximate surface area is 224 Å². The van der Waals surface area contributed by atoms with Crippen molar-refractivity contribution < 1.29 is 18.9 Å². The normalized spacial score (nSPS) is 13.9. The fraction of sp³-hybridized carbons (Fsp3) is 0.517. The van der Waals surface area contributed by atoms with E-state index in [1.165, 1.54) is 24.6 Å². The predicted molar refractivity (Wildman–Crippen MR) is 145 cm³/mol. The van der Waals surface area contributed by atoms with Gasteiger partial charge in [-0.15, -0.1) is 0 Å². The highest BCUT2D eigenvalue weighted by molar-refractivity contribution is 5.95. The summed E-state index contributed by atoms with van der Waals surface area (Å²) >= 11 is 0. The lowest BCUT2D eigenvalue weighted by Gasteiger charge is -2.36. The van der Waals surface area contributed by atoms with Crippen molar-refractivity contribution >= 4 is 17.5 Å². The number of benzene rings is 2. The molecule has 1 saturated heterocycles. The summed E-state index contributed by atoms with van der Waals surface area (Å²) in [5.74, 6) is -0.389. The van der Waals surface area contributed by atoms with Gasteiger partial charge >= 0.3 is 0 Å². The van der Waals surface area contributed by atoms with Gasteiger partial charge in [-0.05, 0) is 37.1 Å². The van der Waals surface area contributed by atoms with Gasteiger partial charge in [0, 0.05) is 69.4 Å². The number of hydrogen-bond donors (Lipinski definition) is 0. The van der Waals surface area contributed by atoms with Gasteiger partial charge in [-0.1, -0.05) is 50.8 Å². The maximum Gasteiger partial charge on any atom is 0.273 e. The molecule has 1 heterocycles. The van der Waals surface area contributed by atoms with Crippen LogP contribution in [0.1, 0.15) is 66.9 Å². The van der Waals surface area contributed by atoms with Gasteiger partial charge in [0.05, 0.1) is 4.92 Å². The summed E-state index contributed by atoms with van der Waals surface area (Å²) in [6, 6.07) is 10.9. The van der Waals surface area contributed by atoms with Gasteiger partial charge in [0.1, 0.15) is 5.82 Å². The highest BCUT2D eigenvalue weighted by atomic mass is 19.1. The number of carbonyl (C=O) groups is 2. The Bertz CT molecular complexity index is 1080. The zero-order valence-corrected chi connectivity index (χ0v) is 22.5. The molecule has 0 atom stereocenters. The maximum absolute atomic E-state index is 13.4. The van der Waals surface area contributed by atoms with Crippen molar-refractivity contribution in [2.75, 3.05) is 39.3 Å². The van der Waals surface area contributed by atoms with Crippen molar-refractivity contribution in [2.45, 2.75) is 58.9 Å². The highest BCUT2D eigenvalue weighted by Crippen LogP contribution is 2.21. The van der Waals surface area contributed by atoms with E-state index in [0.29, 0.717) is 63.4 Å². The second kappa shape index (κ2) is 14.6. The number of piperazine rings is 1. The molecule has 1 fully saturated rings. The summed E-state index contributed by atoms with van der Waals surface area (Å²) in [7, 11) is 0. The van der Waals surface area contributed by atoms with Crippen molar-refractivity contribution in [3.8, 4) is 0 Å². The summed E-state index contributed by atoms with van der Waals surface area (Å²) < 4.78 is 13.4. The van der Waals surface area contributed by atoms with Gasteiger partial charge in [-0.2, -0.15) is 0 Å². The Morgan fingerprint density at radius 1 is 1.00 bits per heavy atom. The number of unbranched alkanes of at least 4 members (excludes halogenated alkanes) is 4. The van der Waals surface area contributed by atoms with E-state index in [0.717, 1.165) is 31.2 Å². The molecule has 0 aromatic heterocycles. The number of nitrogens with zero attached hydrogens (tertiary/aromatic N) is 4. The molecule has 2 aromatic rings. The van der Waals surface area contributed by atoms with Crippen LogP contribution in [0.2, 0.25) is 0 Å². The van der Waals surface area contributed by atoms with Gasteiger partial charge in [-0.25, -0.2) is 4.39 Å². The van der Waals surface area contributed by atoms with E-state index >= 15 is 0 Å². The minimum atomic E-state index is -0.464. The second-order valence-electron chi connectivity index (χ2n) is 10.00. The summed E-state index contributed by atoms with van der Waals surface area (Å²) in [5.41, 5.74) is 1.70. The van der Waals surface area contributed by atoms with Crippen LogP contribution in [0.3, 0.4) is 0 Å². The molecule has 9 heteroatoms. The molecule has 1 aliphatic rings. The summed E-state index contributed by atoms with van der Waals surface area (Å²) in [6.07, 6.45) is 5.91. The number of amides is 2. The largest absolute Gasteiger partial charge is 0.337 e. The van der Waals surface area contributed by atoms with Crippen LogP contribution in [0, 0.1) is 22.9 Å². The SMILES string of the molecule is CCCCCCCC(=O)N(CCN1CCN(C(=O)c2ccc(C)c([N+](=O)[O-])c2)CC1)Cc1ccc(F)cc1. The van der Waals surface area contributed by atoms with E-state index in [1.807, 2.05) is 4.90 Å². The monoisotopic (exact) mass is 526 g/mol. The summed E-state index contributed by atoms with van der Waals surface area (Å²) in [6.45, 7) is 7.86. The van der Waals surface area contributed by atoms with E-state index in [9.17, 15) is 24.1 Å². The van der Waals surface area contributed by atoms with Crippen LogP contribution in [0.4, 0.5) is 10.1 Å². The number of nitro benzene ring substituents is 1. The maximum atomic E-state index is 13.4. The van der Waals surface area contributed by atoms with Crippen molar-refractivity contribution in [3.63, 3.8) is 0 Å². The van der Waals surface area contributed by atoms with E-state index in [1.54, 1.807) is 36.1 Å². The molecule has 0 aliphatic carbocycles. The zero-order valence-electron chi connectivity index (χ0n) is 22.5. The highest BCUT2D eigenvalue weighted by Gasteiger charge is 2.25. The van der Waals surface area contributed by atoms with E-state index in [4.69, 9.17) is 0 Å². The molecule has 2 amide bonds. The van der Waals surface area contributed by atoms with Crippen molar-refractivity contribution in [1.29, 1.82) is 0 Å². The first kappa shape index (κ1) is 29.2. The molecule has 0 radical (unpaired) electrons. The minimum absolute atomic E-state index is 0.0502. The lowest BCUT2D eigenvalue weighted by atomic mass is 10.1. The zero-order chi connectivity index (χ0) is 27.5. The number of rotatable bonds is 13. The molecule has 3 rings (SSSR count). The van der Waals surface area contributed by atoms with E-state index < -0.39 is 4.92 Å². The Morgan fingerprint density at radius 3 is 2.34 bits per heavy atom. The molecule has 206 valence electrons. The molecule has 0 spiro atoms. The van der Waals surface area contributed by atoms with Crippen LogP contribution >= 0.6 is 0 Å². The predicted octanol–water partition coefficient (Wildman–Crippen LogP) is 5.19. The summed E-state index contributed by atoms with van der Waals surface area (Å²) in [5, 5.41) is 11.3. The van der Waals surface area contributed by atoms with Crippen LogP contribution in [0.5, 0.6) is 0 Å². The first-order chi connectivity index (χ1) is 18.3. The van der Waals surface area contributed by atoms with Gasteiger partial charge < -0.3 is 9.80 Å². The van der Waals surface area contributed by atoms with Crippen molar-refractivity contribution in [3.05, 3.63) is 75.1 Å². The number of halogens is 1. The molecule has 38 heavy (non-hydrogen) atoms. The molecule has 0 bridgehead atoms. The Hall–Kier alpha value is -3.33. The lowest BCUT2D eigenvalue weighted by Crippen LogP contribution is -2.50. The lowest BCUT2D eigenvalue weighted by molar-refractivity contribution is -0.385. The first-order valence-corrected chi connectivity index (χ1v) is 13.6. The van der Waals surface area contributed by atoms with Crippen molar-refractivity contribution in [1.82, 2.24) is 14.7 Å². The molecule has 0 saturated carbocycles. The third kappa shape index (κ3) is 8.62. The molecule has 1 aliphatic heterocycles. The average Bonchev–Trinajstić information content (AvgIpc) is 2.92. The first-order valence-electron chi connectivity index (χ1n) is 13.6. The quantitative estimate of drug-likeness (QED) is 0.204. The van der Waals surface area contributed by atoms with E-state index in [-0.39, 0.29) is 23.3 Å². The molecular formula is C29H39FN4O4. The van der Waals surface area contributed by atoms with Crippen LogP contribution in [0.15, 0.2) is 42.5 Å². The molecule has 0 unspecified atom stereocenters. The standard InChI is InChI=1S/C29H39FN4O4/c1-3-4-5-6-7-8-28(35)33(22-24-10-13-26(30)14-11-24)20-17-31-15-18-32(19-16-31)29(36)25-12-9-23(2)27(21-25)34(37)38/h9-14,21H,3-8,15-20,22H2,1-2H3. The van der Waals surface area contributed by atoms with Crippen LogP contribution in [0.25, 0.3) is 0 Å². The molecular weight excluding hydrogens is 487 g/mol. The third-order valence-electron chi connectivity index (χ3n) is 7.13. The molecule has 0 N–H and O–H groups in total. The summed E-state index contributed by atoms with van der Waals surface area (Å²) in [4.78, 5) is 42.6. The second-order valence-corrected chi connectivity index (χ2v) is 10.00. The number of nitro groups is 1. The third-order valence-corrected chi connectivity index (χ3v) is 7.13. The molecule has 8 nitrogen and oxygen atoms in total. The average molecular weight is 527 g/mol. The fourth-order valence-electron chi connectivity index (χ4n) is 4.70. The Kier molecular flexibility index (Phi) is 11.2. The molecule has 2 aromatic carbocycles. The topological polar surface area (TPSA) is 87.0 Å². The number of hydrogen-bond acceptors (Lipinski definition) is 5. The smallest absolute Gasteiger partial charge is 0.273 e. The van der Waals surface area contributed by atoms with E-state index in [2.05, 4.69) is 11.8 Å². The minimum Gasteiger partial charge on any atom is -0.337 e. The van der Waals surface area contributed by atoms with Gasteiger partial charge in [0.2, 0.25) is 5.91 Å². The Morgan fingerprint density at radius 2 is 1.68 bits per heavy atom. The van der Waals surface area contributed by atoms with Gasteiger partial charge in [-0.3, -0.25) is 24.6 Å². The van der Waals surface area contributed by atoms with Gasteiger partial charge in [0.25, 0.3) is 11.6 Å². The van der Waals surface area contributed by atoms with Crippen LogP contribution in [-0.4, -0.2) is 70.7 Å². The van der Waals surface area contributed by atoms with Gasteiger partial charge in [0.15, 0.2) is 0 Å². The van der Waals surface area contributed by atoms with Crippen LogP contribution < -0.4 is 0 Å². The number of carbonyl (C=O) groups excluding carboxylic acids is 2. The fourth-order valence-corrected chi connectivity index (χ4v) is 4.70. The number of aryl methyl sites for hydroxylation is 1. The Balaban J connectivity index is 1.53. The van der Waals surface area contributed by atoms with Crippen molar-refractivity contribution in [2.24, 2.45) is 0 Å².